The zero-order valence-corrected chi connectivity index (χ0v) is 22.4. The number of fused-ring (bicyclic) bond motifs is 1. The molecule has 1 saturated carbocycles. The molecule has 2 aromatic heterocycles. The van der Waals surface area contributed by atoms with E-state index in [-0.39, 0.29) is 42.2 Å². The minimum atomic E-state index is -3.58. The van der Waals surface area contributed by atoms with Crippen LogP contribution in [0.4, 0.5) is 0 Å². The molecule has 1 amide bonds. The molecule has 0 spiro atoms. The van der Waals surface area contributed by atoms with E-state index in [1.54, 1.807) is 38.2 Å². The minimum Gasteiger partial charge on any atom is -0.466 e. The highest BCUT2D eigenvalue weighted by Gasteiger charge is 2.30. The number of benzene rings is 1. The third-order valence-electron chi connectivity index (χ3n) is 6.18. The standard InChI is InChI=1S/C26H30ClN3O6S/c1-3-35-22(31)6-4-5-13-37(33,34)29-15-21-19(16-7-8-16)14-20-23(25(32)28-2)24(36-26(20)30-21)17-9-11-18(27)12-10-17/h9-12,14,16,29H,3-8,13,15H2,1-2H3,(H,28,32). The third-order valence-corrected chi connectivity index (χ3v) is 7.84. The van der Waals surface area contributed by atoms with Crippen LogP contribution in [0.15, 0.2) is 34.7 Å². The number of unbranched alkanes of at least 4 members (excludes halogenated alkanes) is 1. The van der Waals surface area contributed by atoms with E-state index < -0.39 is 10.0 Å². The Morgan fingerprint density at radius 3 is 2.57 bits per heavy atom. The van der Waals surface area contributed by atoms with E-state index >= 15 is 0 Å². The van der Waals surface area contributed by atoms with Crippen LogP contribution < -0.4 is 10.0 Å². The number of aromatic nitrogens is 1. The lowest BCUT2D eigenvalue weighted by Gasteiger charge is -2.10. The van der Waals surface area contributed by atoms with Crippen LogP contribution in [0, 0.1) is 0 Å². The summed E-state index contributed by atoms with van der Waals surface area (Å²) in [5.41, 5.74) is 2.80. The Labute approximate surface area is 221 Å². The molecular weight excluding hydrogens is 518 g/mol. The number of sulfonamides is 1. The Kier molecular flexibility index (Phi) is 8.51. The van der Waals surface area contributed by atoms with Crippen LogP contribution in [0.5, 0.6) is 0 Å². The number of hydrogen-bond donors (Lipinski definition) is 2. The van der Waals surface area contributed by atoms with Gasteiger partial charge in [-0.05, 0) is 74.4 Å². The second kappa shape index (κ2) is 11.6. The van der Waals surface area contributed by atoms with Crippen LogP contribution in [0.25, 0.3) is 22.4 Å². The molecule has 9 nitrogen and oxygen atoms in total. The summed E-state index contributed by atoms with van der Waals surface area (Å²) < 4.78 is 38.7. The van der Waals surface area contributed by atoms with E-state index in [0.717, 1.165) is 18.4 Å². The quantitative estimate of drug-likeness (QED) is 0.252. The number of carbonyl (C=O) groups excluding carboxylic acids is 2. The van der Waals surface area contributed by atoms with Crippen molar-refractivity contribution >= 4 is 44.6 Å². The summed E-state index contributed by atoms with van der Waals surface area (Å²) in [6.07, 6.45) is 2.90. The van der Waals surface area contributed by atoms with E-state index in [2.05, 4.69) is 15.0 Å². The first-order valence-electron chi connectivity index (χ1n) is 12.3. The molecule has 4 rings (SSSR count). The first-order chi connectivity index (χ1) is 17.7. The molecule has 2 N–H and O–H groups in total. The Bertz CT molecular complexity index is 1400. The third kappa shape index (κ3) is 6.68. The molecule has 0 radical (unpaired) electrons. The zero-order chi connectivity index (χ0) is 26.6. The summed E-state index contributed by atoms with van der Waals surface area (Å²) in [5, 5.41) is 3.81. The average molecular weight is 548 g/mol. The Morgan fingerprint density at radius 2 is 1.92 bits per heavy atom. The van der Waals surface area contributed by atoms with Gasteiger partial charge in [-0.1, -0.05) is 11.6 Å². The zero-order valence-electron chi connectivity index (χ0n) is 20.8. The normalized spacial score (nSPS) is 13.6. The second-order valence-corrected chi connectivity index (χ2v) is 11.3. The second-order valence-electron chi connectivity index (χ2n) is 8.95. The van der Waals surface area contributed by atoms with Gasteiger partial charge in [-0.2, -0.15) is 0 Å². The van der Waals surface area contributed by atoms with E-state index in [1.807, 2.05) is 6.07 Å². The van der Waals surface area contributed by atoms with E-state index in [9.17, 15) is 18.0 Å². The lowest BCUT2D eigenvalue weighted by atomic mass is 10.0. The maximum atomic E-state index is 12.8. The van der Waals surface area contributed by atoms with Gasteiger partial charge in [0.25, 0.3) is 5.91 Å². The summed E-state index contributed by atoms with van der Waals surface area (Å²) in [7, 11) is -2.03. The number of nitrogens with zero attached hydrogens (tertiary/aromatic N) is 1. The Hall–Kier alpha value is -2.95. The number of amides is 1. The monoisotopic (exact) mass is 547 g/mol. The van der Waals surface area contributed by atoms with Crippen molar-refractivity contribution in [3.05, 3.63) is 52.2 Å². The van der Waals surface area contributed by atoms with Gasteiger partial charge in [-0.25, -0.2) is 18.1 Å². The molecule has 0 unspecified atom stereocenters. The SMILES string of the molecule is CCOC(=O)CCCCS(=O)(=O)NCc1nc2oc(-c3ccc(Cl)cc3)c(C(=O)NC)c2cc1C1CC1. The molecule has 1 fully saturated rings. The lowest BCUT2D eigenvalue weighted by molar-refractivity contribution is -0.143. The van der Waals surface area contributed by atoms with Crippen molar-refractivity contribution in [1.82, 2.24) is 15.0 Å². The predicted octanol–water partition coefficient (Wildman–Crippen LogP) is 4.54. The first kappa shape index (κ1) is 27.1. The smallest absolute Gasteiger partial charge is 0.305 e. The van der Waals surface area contributed by atoms with Gasteiger partial charge < -0.3 is 14.5 Å². The highest BCUT2D eigenvalue weighted by atomic mass is 35.5. The van der Waals surface area contributed by atoms with E-state index in [1.165, 1.54) is 0 Å². The number of ether oxygens (including phenoxy) is 1. The molecule has 0 aliphatic heterocycles. The average Bonchev–Trinajstić information content (AvgIpc) is 3.65. The number of nitrogens with one attached hydrogen (secondary N) is 2. The Morgan fingerprint density at radius 1 is 1.19 bits per heavy atom. The summed E-state index contributed by atoms with van der Waals surface area (Å²) >= 11 is 6.03. The molecule has 3 aromatic rings. The van der Waals surface area contributed by atoms with E-state index in [0.29, 0.717) is 52.4 Å². The molecule has 1 aliphatic rings. The van der Waals surface area contributed by atoms with Crippen molar-refractivity contribution in [1.29, 1.82) is 0 Å². The molecule has 11 heteroatoms. The minimum absolute atomic E-state index is 0.00820. The number of hydrogen-bond acceptors (Lipinski definition) is 7. The number of pyridine rings is 1. The van der Waals surface area contributed by atoms with Gasteiger partial charge >= 0.3 is 5.97 Å². The van der Waals surface area contributed by atoms with Crippen LogP contribution in [0.1, 0.15) is 66.6 Å². The number of carbonyl (C=O) groups is 2. The van der Waals surface area contributed by atoms with Crippen LogP contribution in [0.2, 0.25) is 5.02 Å². The number of furan rings is 1. The molecule has 0 atom stereocenters. The molecule has 1 aliphatic carbocycles. The van der Waals surface area contributed by atoms with Crippen molar-refractivity contribution in [2.75, 3.05) is 19.4 Å². The molecular formula is C26H30ClN3O6S. The lowest BCUT2D eigenvalue weighted by Crippen LogP contribution is -2.27. The molecule has 2 heterocycles. The van der Waals surface area contributed by atoms with Crippen molar-refractivity contribution in [3.8, 4) is 11.3 Å². The number of halogens is 1. The summed E-state index contributed by atoms with van der Waals surface area (Å²) in [6, 6.07) is 8.87. The molecule has 0 bridgehead atoms. The summed E-state index contributed by atoms with van der Waals surface area (Å²) in [4.78, 5) is 29.0. The van der Waals surface area contributed by atoms with E-state index in [4.69, 9.17) is 20.8 Å². The van der Waals surface area contributed by atoms with Gasteiger partial charge in [0.15, 0.2) is 0 Å². The molecule has 1 aromatic carbocycles. The fourth-order valence-corrected chi connectivity index (χ4v) is 5.38. The maximum absolute atomic E-state index is 12.8. The van der Waals surface area contributed by atoms with Crippen molar-refractivity contribution < 1.29 is 27.2 Å². The highest BCUT2D eigenvalue weighted by molar-refractivity contribution is 7.89. The van der Waals surface area contributed by atoms with Gasteiger partial charge in [-0.15, -0.1) is 0 Å². The van der Waals surface area contributed by atoms with Crippen molar-refractivity contribution in [3.63, 3.8) is 0 Å². The first-order valence-corrected chi connectivity index (χ1v) is 14.3. The maximum Gasteiger partial charge on any atom is 0.305 e. The predicted molar refractivity (Wildman–Crippen MR) is 141 cm³/mol. The van der Waals surface area contributed by atoms with Crippen molar-refractivity contribution in [2.45, 2.75) is 51.5 Å². The van der Waals surface area contributed by atoms with Crippen LogP contribution in [-0.4, -0.2) is 44.7 Å². The molecule has 198 valence electrons. The van der Waals surface area contributed by atoms with Gasteiger partial charge in [0.1, 0.15) is 5.76 Å². The number of esters is 1. The highest BCUT2D eigenvalue weighted by Crippen LogP contribution is 2.44. The van der Waals surface area contributed by atoms with Gasteiger partial charge in [-0.3, -0.25) is 9.59 Å². The van der Waals surface area contributed by atoms with Gasteiger partial charge in [0, 0.05) is 24.1 Å². The number of rotatable bonds is 12. The van der Waals surface area contributed by atoms with Crippen LogP contribution >= 0.6 is 11.6 Å². The fraction of sp³-hybridized carbons (Fsp3) is 0.423. The topological polar surface area (TPSA) is 128 Å². The summed E-state index contributed by atoms with van der Waals surface area (Å²) in [6.45, 7) is 2.04. The van der Waals surface area contributed by atoms with Crippen LogP contribution in [0.3, 0.4) is 0 Å². The Balaban J connectivity index is 1.58. The van der Waals surface area contributed by atoms with Gasteiger partial charge in [0.05, 0.1) is 35.5 Å². The van der Waals surface area contributed by atoms with Crippen LogP contribution in [-0.2, 0) is 26.1 Å². The summed E-state index contributed by atoms with van der Waals surface area (Å²) in [5.74, 6) is -0.0992. The fourth-order valence-electron chi connectivity index (χ4n) is 4.16. The van der Waals surface area contributed by atoms with Gasteiger partial charge in [0.2, 0.25) is 15.7 Å². The molecule has 0 saturated heterocycles. The molecule has 37 heavy (non-hydrogen) atoms. The largest absolute Gasteiger partial charge is 0.466 e. The van der Waals surface area contributed by atoms with Crippen molar-refractivity contribution in [2.24, 2.45) is 0 Å².